The highest BCUT2D eigenvalue weighted by atomic mass is 35.5. The molecule has 2 amide bonds. The van der Waals surface area contributed by atoms with Crippen LogP contribution >= 0.6 is 11.6 Å². The number of carbonyl (C=O) groups is 2. The number of nitrogens with one attached hydrogen (secondary N) is 1. The van der Waals surface area contributed by atoms with Gasteiger partial charge in [-0.2, -0.15) is 0 Å². The summed E-state index contributed by atoms with van der Waals surface area (Å²) in [7, 11) is 0. The molecule has 2 aromatic carbocycles. The van der Waals surface area contributed by atoms with E-state index in [9.17, 15) is 14.0 Å². The number of rotatable bonds is 5. The Morgan fingerprint density at radius 3 is 2.73 bits per heavy atom. The monoisotopic (exact) mass is 433 g/mol. The van der Waals surface area contributed by atoms with Crippen LogP contribution in [0.15, 0.2) is 36.4 Å². The Hall–Kier alpha value is -2.68. The Morgan fingerprint density at radius 2 is 1.97 bits per heavy atom. The molecule has 0 spiro atoms. The molecule has 4 rings (SSSR count). The van der Waals surface area contributed by atoms with E-state index in [1.165, 1.54) is 18.2 Å². The maximum Gasteiger partial charge on any atom is 0.265 e. The quantitative estimate of drug-likeness (QED) is 0.785. The van der Waals surface area contributed by atoms with Crippen LogP contribution in [-0.2, 0) is 9.53 Å². The van der Waals surface area contributed by atoms with Gasteiger partial charge in [0.15, 0.2) is 6.61 Å². The molecule has 0 bridgehead atoms. The van der Waals surface area contributed by atoms with E-state index in [-0.39, 0.29) is 23.1 Å². The maximum atomic E-state index is 14.0. The third kappa shape index (κ3) is 4.40. The second-order valence-electron chi connectivity index (χ2n) is 7.02. The zero-order valence-electron chi connectivity index (χ0n) is 16.2. The number of carbonyl (C=O) groups excluding carboxylic acids is 2. The Morgan fingerprint density at radius 1 is 1.17 bits per heavy atom. The van der Waals surface area contributed by atoms with Gasteiger partial charge in [0.25, 0.3) is 11.8 Å². The molecule has 0 saturated carbocycles. The normalized spacial score (nSPS) is 16.7. The molecule has 1 saturated heterocycles. The SMILES string of the molecule is O=C(Nc1ccc2c(c1)N(CCN1CCOCC1)C(=O)CO2)c1c(F)cccc1Cl. The number of fused-ring (bicyclic) bond motifs is 1. The van der Waals surface area contributed by atoms with E-state index in [0.29, 0.717) is 43.4 Å². The van der Waals surface area contributed by atoms with Gasteiger partial charge in [0.2, 0.25) is 0 Å². The second-order valence-corrected chi connectivity index (χ2v) is 7.43. The molecule has 1 fully saturated rings. The van der Waals surface area contributed by atoms with Crippen molar-refractivity contribution in [3.05, 3.63) is 52.8 Å². The van der Waals surface area contributed by atoms with Gasteiger partial charge >= 0.3 is 0 Å². The van der Waals surface area contributed by atoms with Crippen molar-refractivity contribution < 1.29 is 23.5 Å². The minimum Gasteiger partial charge on any atom is -0.482 e. The van der Waals surface area contributed by atoms with E-state index >= 15 is 0 Å². The molecular weight excluding hydrogens is 413 g/mol. The van der Waals surface area contributed by atoms with E-state index in [4.69, 9.17) is 21.1 Å². The van der Waals surface area contributed by atoms with Crippen LogP contribution in [0, 0.1) is 5.82 Å². The van der Waals surface area contributed by atoms with Gasteiger partial charge in [-0.05, 0) is 30.3 Å². The first kappa shape index (κ1) is 20.6. The number of amides is 2. The van der Waals surface area contributed by atoms with Crippen molar-refractivity contribution in [2.24, 2.45) is 0 Å². The lowest BCUT2D eigenvalue weighted by molar-refractivity contribution is -0.121. The molecular formula is C21H21ClFN3O4. The average molecular weight is 434 g/mol. The van der Waals surface area contributed by atoms with Crippen molar-refractivity contribution in [2.45, 2.75) is 0 Å². The smallest absolute Gasteiger partial charge is 0.265 e. The van der Waals surface area contributed by atoms with Crippen LogP contribution in [-0.4, -0.2) is 62.7 Å². The van der Waals surface area contributed by atoms with Gasteiger partial charge < -0.3 is 19.7 Å². The van der Waals surface area contributed by atoms with E-state index in [0.717, 1.165) is 13.1 Å². The summed E-state index contributed by atoms with van der Waals surface area (Å²) in [4.78, 5) is 28.9. The summed E-state index contributed by atoms with van der Waals surface area (Å²) < 4.78 is 24.9. The summed E-state index contributed by atoms with van der Waals surface area (Å²) in [5.74, 6) is -0.973. The number of anilines is 2. The first-order valence-corrected chi connectivity index (χ1v) is 10.0. The Labute approximate surface area is 178 Å². The molecule has 2 aromatic rings. The van der Waals surface area contributed by atoms with E-state index < -0.39 is 11.7 Å². The molecule has 0 unspecified atom stereocenters. The van der Waals surface area contributed by atoms with Crippen LogP contribution in [0.3, 0.4) is 0 Å². The van der Waals surface area contributed by atoms with Crippen LogP contribution < -0.4 is 15.0 Å². The van der Waals surface area contributed by atoms with Crippen LogP contribution in [0.5, 0.6) is 5.75 Å². The summed E-state index contributed by atoms with van der Waals surface area (Å²) in [6.07, 6.45) is 0. The molecule has 2 aliphatic rings. The lowest BCUT2D eigenvalue weighted by atomic mass is 10.1. The Bertz CT molecular complexity index is 945. The van der Waals surface area contributed by atoms with E-state index in [1.54, 1.807) is 23.1 Å². The lowest BCUT2D eigenvalue weighted by Gasteiger charge is -2.33. The number of ether oxygens (including phenoxy) is 2. The molecule has 30 heavy (non-hydrogen) atoms. The molecule has 158 valence electrons. The molecule has 0 aromatic heterocycles. The number of hydrogen-bond donors (Lipinski definition) is 1. The zero-order valence-corrected chi connectivity index (χ0v) is 17.0. The molecule has 7 nitrogen and oxygen atoms in total. The van der Waals surface area contributed by atoms with Gasteiger partial charge in [-0.25, -0.2) is 4.39 Å². The molecule has 2 heterocycles. The zero-order chi connectivity index (χ0) is 21.1. The number of hydrogen-bond acceptors (Lipinski definition) is 5. The first-order valence-electron chi connectivity index (χ1n) is 9.65. The fraction of sp³-hybridized carbons (Fsp3) is 0.333. The minimum absolute atomic E-state index is 0.0242. The highest BCUT2D eigenvalue weighted by molar-refractivity contribution is 6.34. The van der Waals surface area contributed by atoms with Crippen molar-refractivity contribution in [3.8, 4) is 5.75 Å². The van der Waals surface area contributed by atoms with Crippen LogP contribution in [0.2, 0.25) is 5.02 Å². The summed E-state index contributed by atoms with van der Waals surface area (Å²) in [6.45, 7) is 4.18. The van der Waals surface area contributed by atoms with Gasteiger partial charge in [-0.1, -0.05) is 17.7 Å². The van der Waals surface area contributed by atoms with Crippen molar-refractivity contribution in [3.63, 3.8) is 0 Å². The largest absolute Gasteiger partial charge is 0.482 e. The molecule has 2 aliphatic heterocycles. The van der Waals surface area contributed by atoms with Gasteiger partial charge in [-0.15, -0.1) is 0 Å². The molecule has 0 radical (unpaired) electrons. The van der Waals surface area contributed by atoms with E-state index in [2.05, 4.69) is 10.2 Å². The van der Waals surface area contributed by atoms with Crippen molar-refractivity contribution in [1.29, 1.82) is 0 Å². The number of benzene rings is 2. The van der Waals surface area contributed by atoms with Gasteiger partial charge in [0.1, 0.15) is 11.6 Å². The summed E-state index contributed by atoms with van der Waals surface area (Å²) >= 11 is 5.98. The molecule has 1 N–H and O–H groups in total. The number of nitrogens with zero attached hydrogens (tertiary/aromatic N) is 2. The topological polar surface area (TPSA) is 71.1 Å². The second kappa shape index (κ2) is 8.99. The molecule has 9 heteroatoms. The fourth-order valence-corrected chi connectivity index (χ4v) is 3.75. The number of morpholine rings is 1. The third-order valence-electron chi connectivity index (χ3n) is 5.09. The predicted octanol–water partition coefficient (Wildman–Crippen LogP) is 2.79. The summed E-state index contributed by atoms with van der Waals surface area (Å²) in [5.41, 5.74) is 0.748. The summed E-state index contributed by atoms with van der Waals surface area (Å²) in [6, 6.07) is 9.03. The first-order chi connectivity index (χ1) is 14.5. The summed E-state index contributed by atoms with van der Waals surface area (Å²) in [5, 5.41) is 2.67. The van der Waals surface area contributed by atoms with Gasteiger partial charge in [0.05, 0.1) is 29.5 Å². The van der Waals surface area contributed by atoms with Crippen molar-refractivity contribution in [1.82, 2.24) is 4.90 Å². The van der Waals surface area contributed by atoms with Crippen molar-refractivity contribution >= 4 is 34.8 Å². The molecule has 0 atom stereocenters. The molecule has 0 aliphatic carbocycles. The van der Waals surface area contributed by atoms with E-state index in [1.807, 2.05) is 0 Å². The Balaban J connectivity index is 1.52. The highest BCUT2D eigenvalue weighted by Crippen LogP contribution is 2.35. The van der Waals surface area contributed by atoms with Gasteiger partial charge in [-0.3, -0.25) is 14.5 Å². The average Bonchev–Trinajstić information content (AvgIpc) is 2.73. The Kier molecular flexibility index (Phi) is 6.17. The maximum absolute atomic E-state index is 14.0. The highest BCUT2D eigenvalue weighted by Gasteiger charge is 2.27. The third-order valence-corrected chi connectivity index (χ3v) is 5.41. The van der Waals surface area contributed by atoms with Crippen LogP contribution in [0.4, 0.5) is 15.8 Å². The van der Waals surface area contributed by atoms with Crippen molar-refractivity contribution in [2.75, 3.05) is 56.2 Å². The number of halogens is 2. The van der Waals surface area contributed by atoms with Crippen LogP contribution in [0.25, 0.3) is 0 Å². The predicted molar refractivity (Wildman–Crippen MR) is 111 cm³/mol. The van der Waals surface area contributed by atoms with Gasteiger partial charge in [0, 0.05) is 31.9 Å². The fourth-order valence-electron chi connectivity index (χ4n) is 3.50. The minimum atomic E-state index is -0.705. The standard InChI is InChI=1S/C21H21ClFN3O4/c22-15-2-1-3-16(23)20(15)21(28)24-14-4-5-18-17(12-14)26(19(27)13-30-18)7-6-25-8-10-29-11-9-25/h1-5,12H,6-11,13H2,(H,24,28). The lowest BCUT2D eigenvalue weighted by Crippen LogP contribution is -2.45. The van der Waals surface area contributed by atoms with Crippen LogP contribution in [0.1, 0.15) is 10.4 Å².